The Morgan fingerprint density at radius 3 is 2.23 bits per heavy atom. The minimum absolute atomic E-state index is 0.249. The first-order valence-electron chi connectivity index (χ1n) is 6.40. The molecule has 0 saturated heterocycles. The molecule has 0 amide bonds. The van der Waals surface area contributed by atoms with E-state index in [0.717, 1.165) is 15.7 Å². The van der Waals surface area contributed by atoms with E-state index in [-0.39, 0.29) is 5.75 Å². The van der Waals surface area contributed by atoms with Gasteiger partial charge in [-0.25, -0.2) is 4.98 Å². The highest BCUT2D eigenvalue weighted by Crippen LogP contribution is 2.30. The van der Waals surface area contributed by atoms with Gasteiger partial charge in [-0.05, 0) is 65.7 Å². The van der Waals surface area contributed by atoms with E-state index in [2.05, 4.69) is 25.7 Å². The molecule has 2 rings (SSSR count). The highest BCUT2D eigenvalue weighted by molar-refractivity contribution is 9.10. The monoisotopic (exact) mass is 374 g/mol. The molecule has 1 aromatic carbocycles. The normalized spacial score (nSPS) is 11.4. The molecule has 1 aromatic heterocycles. The van der Waals surface area contributed by atoms with Gasteiger partial charge in [0.05, 0.1) is 5.69 Å². The van der Waals surface area contributed by atoms with Gasteiger partial charge < -0.3 is 9.64 Å². The number of aromatic nitrogens is 1. The van der Waals surface area contributed by atoms with Crippen LogP contribution in [0.2, 0.25) is 0 Å². The Bertz CT molecular complexity index is 648. The van der Waals surface area contributed by atoms with Gasteiger partial charge in [0.1, 0.15) is 11.6 Å². The topological polar surface area (TPSA) is 25.4 Å². The maximum absolute atomic E-state index is 12.1. The van der Waals surface area contributed by atoms with E-state index in [9.17, 15) is 13.2 Å². The zero-order valence-corrected chi connectivity index (χ0v) is 13.8. The van der Waals surface area contributed by atoms with Crippen molar-refractivity contribution in [2.75, 3.05) is 11.9 Å². The van der Waals surface area contributed by atoms with Gasteiger partial charge in [-0.15, -0.1) is 13.2 Å². The van der Waals surface area contributed by atoms with Crippen LogP contribution < -0.4 is 9.64 Å². The Morgan fingerprint density at radius 2 is 1.73 bits per heavy atom. The largest absolute Gasteiger partial charge is 0.573 e. The summed E-state index contributed by atoms with van der Waals surface area (Å²) in [5.74, 6) is 0.462. The Hall–Kier alpha value is -1.76. The minimum atomic E-state index is -4.69. The predicted molar refractivity (Wildman–Crippen MR) is 82.6 cm³/mol. The van der Waals surface area contributed by atoms with E-state index in [4.69, 9.17) is 0 Å². The van der Waals surface area contributed by atoms with Crippen molar-refractivity contribution in [3.63, 3.8) is 0 Å². The maximum Gasteiger partial charge on any atom is 0.573 e. The van der Waals surface area contributed by atoms with Gasteiger partial charge >= 0.3 is 6.36 Å². The molecule has 0 N–H and O–H groups in total. The van der Waals surface area contributed by atoms with Crippen molar-refractivity contribution in [3.8, 4) is 5.75 Å². The molecule has 3 nitrogen and oxygen atoms in total. The van der Waals surface area contributed by atoms with Gasteiger partial charge in [-0.3, -0.25) is 0 Å². The Kier molecular flexibility index (Phi) is 4.65. The summed E-state index contributed by atoms with van der Waals surface area (Å²) in [6.07, 6.45) is -4.69. The summed E-state index contributed by atoms with van der Waals surface area (Å²) >= 11 is 3.45. The third-order valence-corrected chi connectivity index (χ3v) is 4.29. The third kappa shape index (κ3) is 3.91. The fourth-order valence-corrected chi connectivity index (χ4v) is 2.17. The Morgan fingerprint density at radius 1 is 1.14 bits per heavy atom. The summed E-state index contributed by atoms with van der Waals surface area (Å²) in [6.45, 7) is 3.84. The van der Waals surface area contributed by atoms with Crippen molar-refractivity contribution in [3.05, 3.63) is 46.1 Å². The number of pyridine rings is 1. The van der Waals surface area contributed by atoms with Gasteiger partial charge in [0.15, 0.2) is 0 Å². The minimum Gasteiger partial charge on any atom is -0.406 e. The average Bonchev–Trinajstić information content (AvgIpc) is 2.42. The fraction of sp³-hybridized carbons (Fsp3) is 0.267. The van der Waals surface area contributed by atoms with Crippen molar-refractivity contribution in [1.82, 2.24) is 4.98 Å². The summed E-state index contributed by atoms with van der Waals surface area (Å²) < 4.78 is 41.2. The molecule has 0 unspecified atom stereocenters. The molecule has 7 heteroatoms. The van der Waals surface area contributed by atoms with E-state index in [0.29, 0.717) is 11.5 Å². The number of ether oxygens (including phenoxy) is 1. The van der Waals surface area contributed by atoms with E-state index in [1.54, 1.807) is 24.1 Å². The predicted octanol–water partition coefficient (Wildman–Crippen LogP) is 5.13. The number of alkyl halides is 3. The molecule has 0 radical (unpaired) electrons. The second-order valence-corrected chi connectivity index (χ2v) is 5.59. The van der Waals surface area contributed by atoms with Crippen molar-refractivity contribution < 1.29 is 17.9 Å². The summed E-state index contributed by atoms with van der Waals surface area (Å²) in [5, 5.41) is 0. The highest BCUT2D eigenvalue weighted by atomic mass is 79.9. The molecule has 0 atom stereocenters. The van der Waals surface area contributed by atoms with Crippen LogP contribution >= 0.6 is 15.9 Å². The summed E-state index contributed by atoms with van der Waals surface area (Å²) in [5.41, 5.74) is 2.59. The highest BCUT2D eigenvalue weighted by Gasteiger charge is 2.31. The summed E-state index contributed by atoms with van der Waals surface area (Å²) in [7, 11) is 1.80. The Balaban J connectivity index is 2.25. The standard InChI is InChI=1S/C15H14BrF3N2O/c1-9-8-13(20-10(2)14(9)16)21(3)11-4-6-12(7-5-11)22-15(17,18)19/h4-8H,1-3H3. The molecule has 118 valence electrons. The van der Waals surface area contributed by atoms with Gasteiger partial charge in [0, 0.05) is 17.2 Å². The lowest BCUT2D eigenvalue weighted by molar-refractivity contribution is -0.274. The van der Waals surface area contributed by atoms with Gasteiger partial charge in [0.2, 0.25) is 0 Å². The van der Waals surface area contributed by atoms with Crippen molar-refractivity contribution in [1.29, 1.82) is 0 Å². The number of anilines is 2. The average molecular weight is 375 g/mol. The first-order chi connectivity index (χ1) is 10.2. The van der Waals surface area contributed by atoms with E-state index in [1.807, 2.05) is 19.9 Å². The van der Waals surface area contributed by atoms with E-state index < -0.39 is 6.36 Å². The molecule has 22 heavy (non-hydrogen) atoms. The van der Waals surface area contributed by atoms with Gasteiger partial charge in [0.25, 0.3) is 0 Å². The molecule has 2 aromatic rings. The van der Waals surface area contributed by atoms with Crippen LogP contribution in [0.1, 0.15) is 11.3 Å². The number of benzene rings is 1. The van der Waals surface area contributed by atoms with Crippen LogP contribution in [-0.4, -0.2) is 18.4 Å². The summed E-state index contributed by atoms with van der Waals surface area (Å²) in [6, 6.07) is 7.55. The first kappa shape index (κ1) is 16.6. The van der Waals surface area contributed by atoms with Crippen molar-refractivity contribution >= 4 is 27.4 Å². The van der Waals surface area contributed by atoms with E-state index in [1.165, 1.54) is 12.1 Å². The first-order valence-corrected chi connectivity index (χ1v) is 7.20. The van der Waals surface area contributed by atoms with Crippen molar-refractivity contribution in [2.24, 2.45) is 0 Å². The second-order valence-electron chi connectivity index (χ2n) is 4.80. The molecule has 0 spiro atoms. The number of rotatable bonds is 3. The van der Waals surface area contributed by atoms with Crippen LogP contribution in [0, 0.1) is 13.8 Å². The second kappa shape index (κ2) is 6.16. The SMILES string of the molecule is Cc1cc(N(C)c2ccc(OC(F)(F)F)cc2)nc(C)c1Br. The molecular weight excluding hydrogens is 361 g/mol. The number of aryl methyl sites for hydroxylation is 2. The molecule has 0 bridgehead atoms. The van der Waals surface area contributed by atoms with Crippen LogP contribution in [0.15, 0.2) is 34.8 Å². The van der Waals surface area contributed by atoms with Crippen LogP contribution in [0.3, 0.4) is 0 Å². The number of halogens is 4. The number of hydrogen-bond donors (Lipinski definition) is 0. The molecule has 1 heterocycles. The molecule has 0 aliphatic carbocycles. The van der Waals surface area contributed by atoms with Crippen molar-refractivity contribution in [2.45, 2.75) is 20.2 Å². The zero-order chi connectivity index (χ0) is 16.5. The number of hydrogen-bond acceptors (Lipinski definition) is 3. The van der Waals surface area contributed by atoms with Crippen LogP contribution in [-0.2, 0) is 0 Å². The zero-order valence-electron chi connectivity index (χ0n) is 12.2. The fourth-order valence-electron chi connectivity index (χ4n) is 1.97. The maximum atomic E-state index is 12.1. The quantitative estimate of drug-likeness (QED) is 0.744. The molecule has 0 aliphatic heterocycles. The van der Waals surface area contributed by atoms with Gasteiger partial charge in [-0.1, -0.05) is 0 Å². The summed E-state index contributed by atoms with van der Waals surface area (Å²) in [4.78, 5) is 6.25. The molecule has 0 saturated carbocycles. The molecule has 0 fully saturated rings. The third-order valence-electron chi connectivity index (χ3n) is 3.09. The van der Waals surface area contributed by atoms with E-state index >= 15 is 0 Å². The Labute approximate surface area is 134 Å². The molecular formula is C15H14BrF3N2O. The van der Waals surface area contributed by atoms with Crippen LogP contribution in [0.25, 0.3) is 0 Å². The number of nitrogens with zero attached hydrogens (tertiary/aromatic N) is 2. The molecule has 0 aliphatic rings. The lowest BCUT2D eigenvalue weighted by atomic mass is 10.2. The van der Waals surface area contributed by atoms with Crippen LogP contribution in [0.4, 0.5) is 24.7 Å². The van der Waals surface area contributed by atoms with Gasteiger partial charge in [-0.2, -0.15) is 0 Å². The van der Waals surface area contributed by atoms with Crippen LogP contribution in [0.5, 0.6) is 5.75 Å². The lowest BCUT2D eigenvalue weighted by Crippen LogP contribution is -2.17. The lowest BCUT2D eigenvalue weighted by Gasteiger charge is -2.20. The smallest absolute Gasteiger partial charge is 0.406 e.